The zero-order valence-corrected chi connectivity index (χ0v) is 15.6. The molecule has 2 aromatic rings. The van der Waals surface area contributed by atoms with Gasteiger partial charge in [0.25, 0.3) is 5.56 Å². The summed E-state index contributed by atoms with van der Waals surface area (Å²) >= 11 is 0. The van der Waals surface area contributed by atoms with Gasteiger partial charge in [0.2, 0.25) is 0 Å². The highest BCUT2D eigenvalue weighted by atomic mass is 31.2. The maximum atomic E-state index is 11.8. The molecule has 0 atom stereocenters. The van der Waals surface area contributed by atoms with Crippen LogP contribution in [0.3, 0.4) is 0 Å². The SMILES string of the molecule is Cc1cc(OCP(=O)(O)O)cc(C)c1Cc1cc(C(C)C)c(=O)[nH]n1. The first-order chi connectivity index (χ1) is 11.6. The number of aryl methyl sites for hydroxylation is 2. The highest BCUT2D eigenvalue weighted by Crippen LogP contribution is 2.35. The maximum absolute atomic E-state index is 11.8. The first-order valence-electron chi connectivity index (χ1n) is 7.93. The number of nitrogens with zero attached hydrogens (tertiary/aromatic N) is 1. The third-order valence-electron chi connectivity index (χ3n) is 3.93. The lowest BCUT2D eigenvalue weighted by atomic mass is 9.96. The van der Waals surface area contributed by atoms with Crippen molar-refractivity contribution in [3.8, 4) is 5.75 Å². The molecule has 7 nitrogen and oxygen atoms in total. The van der Waals surface area contributed by atoms with Gasteiger partial charge >= 0.3 is 7.60 Å². The molecule has 8 heteroatoms. The second-order valence-corrected chi connectivity index (χ2v) is 8.04. The summed E-state index contributed by atoms with van der Waals surface area (Å²) in [6, 6.07) is 5.31. The van der Waals surface area contributed by atoms with Crippen LogP contribution in [0.4, 0.5) is 0 Å². The van der Waals surface area contributed by atoms with Crippen molar-refractivity contribution in [3.05, 3.63) is 56.5 Å². The zero-order valence-electron chi connectivity index (χ0n) is 14.7. The van der Waals surface area contributed by atoms with Gasteiger partial charge in [0, 0.05) is 12.0 Å². The van der Waals surface area contributed by atoms with Gasteiger partial charge in [-0.05, 0) is 54.7 Å². The van der Waals surface area contributed by atoms with E-state index in [0.717, 1.165) is 22.4 Å². The minimum Gasteiger partial charge on any atom is -0.481 e. The van der Waals surface area contributed by atoms with Crippen molar-refractivity contribution in [2.45, 2.75) is 40.0 Å². The largest absolute Gasteiger partial charge is 0.481 e. The Morgan fingerprint density at radius 2 is 1.80 bits per heavy atom. The fourth-order valence-electron chi connectivity index (χ4n) is 2.64. The predicted molar refractivity (Wildman–Crippen MR) is 95.2 cm³/mol. The van der Waals surface area contributed by atoms with Gasteiger partial charge in [0.15, 0.2) is 6.35 Å². The summed E-state index contributed by atoms with van der Waals surface area (Å²) in [5.74, 6) is 0.524. The zero-order chi connectivity index (χ0) is 18.8. The van der Waals surface area contributed by atoms with E-state index in [4.69, 9.17) is 14.5 Å². The molecule has 2 rings (SSSR count). The monoisotopic (exact) mass is 366 g/mol. The van der Waals surface area contributed by atoms with E-state index in [1.807, 2.05) is 33.8 Å². The fourth-order valence-corrected chi connectivity index (χ4v) is 2.96. The lowest BCUT2D eigenvalue weighted by Gasteiger charge is -2.14. The summed E-state index contributed by atoms with van der Waals surface area (Å²) in [5.41, 5.74) is 4.19. The van der Waals surface area contributed by atoms with Crippen LogP contribution in [0.25, 0.3) is 0 Å². The second-order valence-electron chi connectivity index (χ2n) is 6.45. The Bertz CT molecular complexity index is 847. The molecule has 1 aromatic heterocycles. The predicted octanol–water partition coefficient (Wildman–Crippen LogP) is 2.61. The second kappa shape index (κ2) is 7.52. The van der Waals surface area contributed by atoms with Gasteiger partial charge in [0.1, 0.15) is 5.75 Å². The van der Waals surface area contributed by atoms with Crippen LogP contribution in [-0.2, 0) is 11.0 Å². The fraction of sp³-hybridized carbons (Fsp3) is 0.412. The third-order valence-corrected chi connectivity index (χ3v) is 4.40. The Hall–Kier alpha value is -1.95. The van der Waals surface area contributed by atoms with E-state index in [1.165, 1.54) is 0 Å². The van der Waals surface area contributed by atoms with E-state index < -0.39 is 13.9 Å². The van der Waals surface area contributed by atoms with Crippen molar-refractivity contribution in [1.29, 1.82) is 0 Å². The number of H-pyrrole nitrogens is 1. The summed E-state index contributed by atoms with van der Waals surface area (Å²) in [5, 5.41) is 6.66. The molecular weight excluding hydrogens is 343 g/mol. The number of nitrogens with one attached hydrogen (secondary N) is 1. The quantitative estimate of drug-likeness (QED) is 0.678. The highest BCUT2D eigenvalue weighted by Gasteiger charge is 2.15. The Balaban J connectivity index is 2.27. The van der Waals surface area contributed by atoms with E-state index in [-0.39, 0.29) is 11.5 Å². The van der Waals surface area contributed by atoms with Crippen molar-refractivity contribution < 1.29 is 19.1 Å². The molecule has 0 saturated heterocycles. The Morgan fingerprint density at radius 3 is 2.32 bits per heavy atom. The maximum Gasteiger partial charge on any atom is 0.362 e. The first kappa shape index (κ1) is 19.4. The summed E-state index contributed by atoms with van der Waals surface area (Å²) in [6.45, 7) is 7.72. The van der Waals surface area contributed by atoms with Crippen LogP contribution in [-0.4, -0.2) is 26.3 Å². The van der Waals surface area contributed by atoms with E-state index in [0.29, 0.717) is 17.7 Å². The topological polar surface area (TPSA) is 113 Å². The lowest BCUT2D eigenvalue weighted by molar-refractivity contribution is 0.300. The molecule has 0 aliphatic carbocycles. The Morgan fingerprint density at radius 1 is 1.20 bits per heavy atom. The smallest absolute Gasteiger partial charge is 0.362 e. The molecule has 0 bridgehead atoms. The molecule has 0 spiro atoms. The van der Waals surface area contributed by atoms with E-state index >= 15 is 0 Å². The molecule has 3 N–H and O–H groups in total. The van der Waals surface area contributed by atoms with Crippen molar-refractivity contribution in [1.82, 2.24) is 10.2 Å². The van der Waals surface area contributed by atoms with Crippen molar-refractivity contribution in [3.63, 3.8) is 0 Å². The number of aromatic nitrogens is 2. The average Bonchev–Trinajstić information content (AvgIpc) is 2.49. The van der Waals surface area contributed by atoms with Crippen LogP contribution in [0.1, 0.15) is 47.7 Å². The lowest BCUT2D eigenvalue weighted by Crippen LogP contribution is -2.17. The minimum absolute atomic E-state index is 0.108. The van der Waals surface area contributed by atoms with Gasteiger partial charge in [-0.2, -0.15) is 5.10 Å². The van der Waals surface area contributed by atoms with Crippen molar-refractivity contribution >= 4 is 7.60 Å². The molecule has 1 heterocycles. The van der Waals surface area contributed by atoms with Crippen molar-refractivity contribution in [2.75, 3.05) is 6.35 Å². The molecule has 0 fully saturated rings. The van der Waals surface area contributed by atoms with Gasteiger partial charge in [0.05, 0.1) is 5.69 Å². The first-order valence-corrected chi connectivity index (χ1v) is 9.72. The molecule has 136 valence electrons. The Kier molecular flexibility index (Phi) is 5.83. The number of ether oxygens (including phenoxy) is 1. The van der Waals surface area contributed by atoms with Gasteiger partial charge in [-0.1, -0.05) is 13.8 Å². The Labute approximate surface area is 146 Å². The van der Waals surface area contributed by atoms with E-state index in [1.54, 1.807) is 12.1 Å². The summed E-state index contributed by atoms with van der Waals surface area (Å²) in [7, 11) is -4.21. The number of hydrogen-bond acceptors (Lipinski definition) is 4. The number of benzene rings is 1. The van der Waals surface area contributed by atoms with Crippen LogP contribution in [0, 0.1) is 13.8 Å². The van der Waals surface area contributed by atoms with Crippen LogP contribution in [0.15, 0.2) is 23.0 Å². The molecule has 0 saturated carbocycles. The molecule has 0 aliphatic heterocycles. The molecule has 1 aromatic carbocycles. The van der Waals surface area contributed by atoms with Gasteiger partial charge in [-0.3, -0.25) is 9.36 Å². The molecule has 0 aliphatic rings. The third kappa shape index (κ3) is 5.26. The highest BCUT2D eigenvalue weighted by molar-refractivity contribution is 7.51. The average molecular weight is 366 g/mol. The number of rotatable bonds is 6. The molecule has 0 amide bonds. The molecule has 0 unspecified atom stereocenters. The molecular formula is C17H23N2O5P. The van der Waals surface area contributed by atoms with E-state index in [2.05, 4.69) is 10.2 Å². The van der Waals surface area contributed by atoms with Crippen LogP contribution >= 0.6 is 7.60 Å². The molecule has 25 heavy (non-hydrogen) atoms. The number of aromatic amines is 1. The van der Waals surface area contributed by atoms with Crippen molar-refractivity contribution in [2.24, 2.45) is 0 Å². The van der Waals surface area contributed by atoms with E-state index in [9.17, 15) is 9.36 Å². The van der Waals surface area contributed by atoms with Crippen LogP contribution < -0.4 is 10.3 Å². The minimum atomic E-state index is -4.21. The summed E-state index contributed by atoms with van der Waals surface area (Å²) < 4.78 is 16.1. The van der Waals surface area contributed by atoms with Gasteiger partial charge in [-0.25, -0.2) is 5.10 Å². The summed E-state index contributed by atoms with van der Waals surface area (Å²) in [6.07, 6.45) is -0.0998. The standard InChI is InChI=1S/C17H23N2O5P/c1-10(2)15-7-13(18-19-17(15)20)8-16-11(3)5-14(6-12(16)4)24-9-25(21,22)23/h5-7,10H,8-9H2,1-4H3,(H,19,20)(H2,21,22,23). The molecule has 0 radical (unpaired) electrons. The normalized spacial score (nSPS) is 11.8. The number of hydrogen-bond donors (Lipinski definition) is 3. The van der Waals surface area contributed by atoms with Gasteiger partial charge < -0.3 is 14.5 Å². The van der Waals surface area contributed by atoms with Crippen LogP contribution in [0.2, 0.25) is 0 Å². The summed E-state index contributed by atoms with van der Waals surface area (Å²) in [4.78, 5) is 29.6. The van der Waals surface area contributed by atoms with Gasteiger partial charge in [-0.15, -0.1) is 0 Å². The van der Waals surface area contributed by atoms with Crippen LogP contribution in [0.5, 0.6) is 5.75 Å².